The molecule has 2 aliphatic heterocycles. The van der Waals surface area contributed by atoms with Crippen LogP contribution in [0.2, 0.25) is 0 Å². The maximum absolute atomic E-state index is 5.53. The van der Waals surface area contributed by atoms with Crippen LogP contribution in [-0.2, 0) is 6.42 Å². The van der Waals surface area contributed by atoms with Crippen LogP contribution in [0.5, 0.6) is 11.5 Å². The molecule has 1 aromatic carbocycles. The third kappa shape index (κ3) is 3.41. The number of ether oxygens (including phenoxy) is 2. The summed E-state index contributed by atoms with van der Waals surface area (Å²) >= 11 is 0. The maximum Gasteiger partial charge on any atom is 0.231 e. The van der Waals surface area contributed by atoms with Crippen LogP contribution >= 0.6 is 0 Å². The van der Waals surface area contributed by atoms with E-state index < -0.39 is 0 Å². The number of aromatic nitrogens is 1. The van der Waals surface area contributed by atoms with Gasteiger partial charge in [0.05, 0.1) is 5.69 Å². The van der Waals surface area contributed by atoms with Crippen LogP contribution in [0, 0.1) is 0 Å². The smallest absolute Gasteiger partial charge is 0.231 e. The van der Waals surface area contributed by atoms with Gasteiger partial charge in [-0.25, -0.2) is 0 Å². The van der Waals surface area contributed by atoms with E-state index >= 15 is 0 Å². The summed E-state index contributed by atoms with van der Waals surface area (Å²) in [6.07, 6.45) is 9.01. The predicted molar refractivity (Wildman–Crippen MR) is 93.4 cm³/mol. The molecule has 1 fully saturated rings. The van der Waals surface area contributed by atoms with Crippen molar-refractivity contribution in [2.45, 2.75) is 19.3 Å². The molecule has 0 amide bonds. The molecule has 4 rings (SSSR count). The number of benzene rings is 1. The van der Waals surface area contributed by atoms with Crippen molar-refractivity contribution in [2.75, 3.05) is 26.4 Å². The molecule has 0 unspecified atom stereocenters. The van der Waals surface area contributed by atoms with Crippen molar-refractivity contribution in [3.63, 3.8) is 0 Å². The lowest BCUT2D eigenvalue weighted by molar-refractivity contribution is 0.174. The van der Waals surface area contributed by atoms with Crippen LogP contribution in [0.15, 0.2) is 41.7 Å². The number of aliphatic imine (C=N–C) groups is 1. The highest BCUT2D eigenvalue weighted by atomic mass is 16.7. The summed E-state index contributed by atoms with van der Waals surface area (Å²) in [5.74, 6) is 1.60. The lowest BCUT2D eigenvalue weighted by Gasteiger charge is -2.15. The van der Waals surface area contributed by atoms with E-state index in [0.717, 1.165) is 35.7 Å². The highest BCUT2D eigenvalue weighted by molar-refractivity contribution is 5.82. The van der Waals surface area contributed by atoms with Gasteiger partial charge in [0, 0.05) is 36.8 Å². The molecule has 24 heavy (non-hydrogen) atoms. The monoisotopic (exact) mass is 323 g/mol. The first kappa shape index (κ1) is 15.1. The number of rotatable bonds is 5. The largest absolute Gasteiger partial charge is 0.454 e. The SMILES string of the molecule is C(=Nc1cc2c(cc1CCN1CCCC1)OCO2)c1cccnc1. The predicted octanol–water partition coefficient (Wildman–Crippen LogP) is 3.20. The fourth-order valence-electron chi connectivity index (χ4n) is 3.17. The van der Waals surface area contributed by atoms with Crippen LogP contribution < -0.4 is 9.47 Å². The van der Waals surface area contributed by atoms with E-state index in [-0.39, 0.29) is 6.79 Å². The molecule has 0 atom stereocenters. The second kappa shape index (κ2) is 7.01. The molecule has 0 spiro atoms. The van der Waals surface area contributed by atoms with E-state index in [0.29, 0.717) is 0 Å². The quantitative estimate of drug-likeness (QED) is 0.793. The fraction of sp³-hybridized carbons (Fsp3) is 0.368. The number of nitrogens with zero attached hydrogens (tertiary/aromatic N) is 3. The molecule has 0 radical (unpaired) electrons. The Balaban J connectivity index is 1.57. The Morgan fingerprint density at radius 2 is 2.00 bits per heavy atom. The zero-order valence-electron chi connectivity index (χ0n) is 13.6. The Hall–Kier alpha value is -2.40. The minimum atomic E-state index is 0.288. The van der Waals surface area contributed by atoms with Gasteiger partial charge in [-0.15, -0.1) is 0 Å². The topological polar surface area (TPSA) is 47.0 Å². The summed E-state index contributed by atoms with van der Waals surface area (Å²) in [7, 11) is 0. The van der Waals surface area contributed by atoms with E-state index in [1.165, 1.54) is 31.5 Å². The van der Waals surface area contributed by atoms with E-state index in [4.69, 9.17) is 9.47 Å². The van der Waals surface area contributed by atoms with Gasteiger partial charge in [-0.3, -0.25) is 9.98 Å². The molecule has 5 heteroatoms. The molecule has 1 aromatic heterocycles. The van der Waals surface area contributed by atoms with E-state index in [2.05, 4.69) is 20.9 Å². The van der Waals surface area contributed by atoms with Gasteiger partial charge in [0.25, 0.3) is 0 Å². The molecule has 0 N–H and O–H groups in total. The molecular formula is C19H21N3O2. The first-order valence-corrected chi connectivity index (χ1v) is 8.47. The van der Waals surface area contributed by atoms with Gasteiger partial charge in [-0.05, 0) is 50.0 Å². The molecule has 2 aromatic rings. The Morgan fingerprint density at radius 1 is 1.17 bits per heavy atom. The maximum atomic E-state index is 5.53. The van der Waals surface area contributed by atoms with E-state index in [1.54, 1.807) is 12.4 Å². The highest BCUT2D eigenvalue weighted by Gasteiger charge is 2.18. The molecule has 0 saturated carbocycles. The summed E-state index contributed by atoms with van der Waals surface area (Å²) in [4.78, 5) is 11.3. The second-order valence-corrected chi connectivity index (χ2v) is 6.18. The fourth-order valence-corrected chi connectivity index (χ4v) is 3.17. The molecule has 0 aliphatic carbocycles. The first-order chi connectivity index (χ1) is 11.9. The third-order valence-electron chi connectivity index (χ3n) is 4.51. The molecule has 1 saturated heterocycles. The Bertz CT molecular complexity index is 725. The van der Waals surface area contributed by atoms with Crippen LogP contribution in [0.3, 0.4) is 0 Å². The summed E-state index contributed by atoms with van der Waals surface area (Å²) in [6, 6.07) is 7.96. The number of pyridine rings is 1. The minimum Gasteiger partial charge on any atom is -0.454 e. The highest BCUT2D eigenvalue weighted by Crippen LogP contribution is 2.38. The van der Waals surface area contributed by atoms with Crippen molar-refractivity contribution >= 4 is 11.9 Å². The zero-order chi connectivity index (χ0) is 16.2. The van der Waals surface area contributed by atoms with Crippen molar-refractivity contribution in [3.05, 3.63) is 47.8 Å². The van der Waals surface area contributed by atoms with Gasteiger partial charge in [-0.2, -0.15) is 0 Å². The molecule has 5 nitrogen and oxygen atoms in total. The third-order valence-corrected chi connectivity index (χ3v) is 4.51. The molecule has 2 aliphatic rings. The Labute approximate surface area is 141 Å². The van der Waals surface area contributed by atoms with Crippen LogP contribution in [0.25, 0.3) is 0 Å². The molecule has 124 valence electrons. The number of hydrogen-bond acceptors (Lipinski definition) is 5. The van der Waals surface area contributed by atoms with E-state index in [1.807, 2.05) is 24.4 Å². The second-order valence-electron chi connectivity index (χ2n) is 6.18. The average molecular weight is 323 g/mol. The van der Waals surface area contributed by atoms with E-state index in [9.17, 15) is 0 Å². The summed E-state index contributed by atoms with van der Waals surface area (Å²) in [5, 5.41) is 0. The van der Waals surface area contributed by atoms with Crippen molar-refractivity contribution in [2.24, 2.45) is 4.99 Å². The minimum absolute atomic E-state index is 0.288. The summed E-state index contributed by atoms with van der Waals surface area (Å²) in [6.45, 7) is 3.77. The van der Waals surface area contributed by atoms with Crippen LogP contribution in [-0.4, -0.2) is 42.5 Å². The first-order valence-electron chi connectivity index (χ1n) is 8.47. The number of likely N-dealkylation sites (tertiary alicyclic amines) is 1. The van der Waals surface area contributed by atoms with Crippen molar-refractivity contribution in [1.29, 1.82) is 0 Å². The standard InChI is InChI=1S/C19H21N3O2/c1-2-8-22(7-1)9-5-16-10-18-19(24-14-23-18)11-17(16)21-13-15-4-3-6-20-12-15/h3-4,6,10-13H,1-2,5,7-9,14H2. The molecule has 0 bridgehead atoms. The number of fused-ring (bicyclic) bond motifs is 1. The van der Waals surface area contributed by atoms with Crippen molar-refractivity contribution in [1.82, 2.24) is 9.88 Å². The lowest BCUT2D eigenvalue weighted by Crippen LogP contribution is -2.21. The van der Waals surface area contributed by atoms with Gasteiger partial charge in [0.1, 0.15) is 0 Å². The normalized spacial score (nSPS) is 17.0. The van der Waals surface area contributed by atoms with Crippen molar-refractivity contribution in [3.8, 4) is 11.5 Å². The van der Waals surface area contributed by atoms with Gasteiger partial charge in [0.2, 0.25) is 6.79 Å². The summed E-state index contributed by atoms with van der Waals surface area (Å²) < 4.78 is 11.0. The zero-order valence-corrected chi connectivity index (χ0v) is 13.6. The van der Waals surface area contributed by atoms with Gasteiger partial charge in [0.15, 0.2) is 11.5 Å². The van der Waals surface area contributed by atoms with Gasteiger partial charge in [-0.1, -0.05) is 6.07 Å². The molecule has 3 heterocycles. The van der Waals surface area contributed by atoms with Crippen LogP contribution in [0.1, 0.15) is 24.0 Å². The Morgan fingerprint density at radius 3 is 2.79 bits per heavy atom. The lowest BCUT2D eigenvalue weighted by atomic mass is 10.1. The summed E-state index contributed by atoms with van der Waals surface area (Å²) in [5.41, 5.74) is 3.13. The van der Waals surface area contributed by atoms with Crippen LogP contribution in [0.4, 0.5) is 5.69 Å². The molecular weight excluding hydrogens is 302 g/mol. The van der Waals surface area contributed by atoms with Gasteiger partial charge >= 0.3 is 0 Å². The average Bonchev–Trinajstić information content (AvgIpc) is 3.29. The van der Waals surface area contributed by atoms with Crippen molar-refractivity contribution < 1.29 is 9.47 Å². The number of hydrogen-bond donors (Lipinski definition) is 0. The van der Waals surface area contributed by atoms with Gasteiger partial charge < -0.3 is 14.4 Å². The Kier molecular flexibility index (Phi) is 4.42.